The first-order chi connectivity index (χ1) is 27.3. The summed E-state index contributed by atoms with van der Waals surface area (Å²) < 4.78 is 155. The maximum atomic E-state index is 14.1. The summed E-state index contributed by atoms with van der Waals surface area (Å²) in [6.07, 6.45) is 1.20. The fourth-order valence-electron chi connectivity index (χ4n) is 4.34. The van der Waals surface area contributed by atoms with Crippen LogP contribution in [0.3, 0.4) is 0 Å². The number of nitrogens with one attached hydrogen (secondary N) is 1. The van der Waals surface area contributed by atoms with Crippen molar-refractivity contribution in [3.63, 3.8) is 0 Å². The number of benzene rings is 2. The van der Waals surface area contributed by atoms with E-state index in [1.165, 1.54) is 5.32 Å². The molecule has 4 rings (SSSR count). The first-order valence-electron chi connectivity index (χ1n) is 21.6. The van der Waals surface area contributed by atoms with E-state index in [0.717, 1.165) is 23.2 Å². The zero-order valence-corrected chi connectivity index (χ0v) is 27.3. The maximum absolute atomic E-state index is 14.1. The van der Waals surface area contributed by atoms with Crippen molar-refractivity contribution in [2.24, 2.45) is 0 Å². The molecule has 256 valence electrons. The molecule has 5 N–H and O–H groups in total. The molecule has 2 heterocycles. The summed E-state index contributed by atoms with van der Waals surface area (Å²) in [6.45, 7) is -26.9. The highest BCUT2D eigenvalue weighted by Gasteiger charge is 2.43. The van der Waals surface area contributed by atoms with Gasteiger partial charge in [-0.1, -0.05) is 60.7 Å². The van der Waals surface area contributed by atoms with Crippen molar-refractivity contribution >= 4 is 25.8 Å². The second-order valence-corrected chi connectivity index (χ2v) is 14.3. The normalized spacial score (nSPS) is 31.6. The average Bonchev–Trinajstić information content (AvgIpc) is 3.10. The third kappa shape index (κ3) is 12.7. The van der Waals surface area contributed by atoms with Crippen molar-refractivity contribution in [3.8, 4) is 0 Å². The standard InChI is InChI=1S/C15H25N2O4P.C11H15ClNO2P.C4H11NO2/c1-14(15-6-3-2-4-7-15)17-8-5-13-21-22(17,20)16(9-11-18)10-12-19;1-10(11-6-3-2-4-7-11)13-8-5-9-15-16(13,12)14;6-3-1-5-2-4-7/h2-4,6-7,14,18-19H,5,8-13H2,1H3;2-4,6-7,10H,5,8-9H2,1H3;5-7H,1-4H2/i9T2,10T2,11T2,12T2;;1T2,2T2,3T2,4T2. The van der Waals surface area contributed by atoms with E-state index in [4.69, 9.17) is 52.4 Å². The first-order valence-corrected chi connectivity index (χ1v) is 17.6. The van der Waals surface area contributed by atoms with Crippen molar-refractivity contribution in [1.29, 1.82) is 0 Å². The lowest BCUT2D eigenvalue weighted by Gasteiger charge is -2.43. The zero-order chi connectivity index (χ0) is 47.5. The third-order valence-corrected chi connectivity index (χ3v) is 11.4. The van der Waals surface area contributed by atoms with Crippen LogP contribution in [0.15, 0.2) is 60.7 Å². The molecule has 2 saturated heterocycles. The first kappa shape index (κ1) is 21.7. The van der Waals surface area contributed by atoms with Gasteiger partial charge in [-0.25, -0.2) is 14.0 Å². The van der Waals surface area contributed by atoms with Crippen molar-refractivity contribution in [3.05, 3.63) is 71.8 Å². The number of hydrogen-bond donors (Lipinski definition) is 5. The Labute approximate surface area is 295 Å². The van der Waals surface area contributed by atoms with Crippen LogP contribution in [0.25, 0.3) is 0 Å². The highest BCUT2D eigenvalue weighted by Crippen LogP contribution is 2.61. The van der Waals surface area contributed by atoms with Crippen LogP contribution in [0.1, 0.15) is 71.8 Å². The molecule has 0 aliphatic carbocycles. The highest BCUT2D eigenvalue weighted by molar-refractivity contribution is 7.83. The van der Waals surface area contributed by atoms with Crippen molar-refractivity contribution < 1.29 is 60.5 Å². The molecule has 0 amide bonds. The Morgan fingerprint density at radius 1 is 0.800 bits per heavy atom. The Morgan fingerprint density at radius 2 is 1.24 bits per heavy atom. The van der Waals surface area contributed by atoms with E-state index in [1.54, 1.807) is 41.9 Å². The van der Waals surface area contributed by atoms with Crippen LogP contribution in [0, 0.1) is 0 Å². The van der Waals surface area contributed by atoms with Gasteiger partial charge in [0.15, 0.2) is 0 Å². The summed E-state index contributed by atoms with van der Waals surface area (Å²) in [5, 5.41) is 38.2. The number of hydrogen-bond acceptors (Lipinski definition) is 9. The molecule has 45 heavy (non-hydrogen) atoms. The topological polar surface area (TPSA) is 155 Å². The Morgan fingerprint density at radius 3 is 1.69 bits per heavy atom. The van der Waals surface area contributed by atoms with Gasteiger partial charge in [-0.15, -0.1) is 0 Å². The number of nitrogens with zero attached hydrogens (tertiary/aromatic N) is 3. The van der Waals surface area contributed by atoms with E-state index < -0.39 is 72.8 Å². The summed E-state index contributed by atoms with van der Waals surface area (Å²) in [5.41, 5.74) is 1.72. The van der Waals surface area contributed by atoms with E-state index in [2.05, 4.69) is 0 Å². The molecule has 15 heteroatoms. The van der Waals surface area contributed by atoms with Gasteiger partial charge < -0.3 is 34.8 Å². The van der Waals surface area contributed by atoms with Crippen molar-refractivity contribution in [1.82, 2.24) is 19.3 Å². The lowest BCUT2D eigenvalue weighted by atomic mass is 10.1. The number of halogens is 1. The van der Waals surface area contributed by atoms with Gasteiger partial charge in [-0.05, 0) is 49.1 Å². The average molecular weight is 725 g/mol. The molecule has 2 aromatic carbocycles. The van der Waals surface area contributed by atoms with E-state index in [0.29, 0.717) is 18.6 Å². The summed E-state index contributed by atoms with van der Waals surface area (Å²) >= 11 is 5.94. The largest absolute Gasteiger partial charge is 0.395 e. The molecule has 0 bridgehead atoms. The second-order valence-electron chi connectivity index (χ2n) is 9.17. The van der Waals surface area contributed by atoms with Crippen molar-refractivity contribution in [2.75, 3.05) is 78.5 Å². The van der Waals surface area contributed by atoms with Crippen LogP contribution in [0.5, 0.6) is 0 Å². The number of rotatable bonds is 13. The van der Waals surface area contributed by atoms with Crippen LogP contribution in [0.2, 0.25) is 0 Å². The van der Waals surface area contributed by atoms with Gasteiger partial charge in [0.1, 0.15) is 0 Å². The minimum atomic E-state index is -4.87. The Kier molecular flexibility index (Phi) is 10.4. The molecule has 12 nitrogen and oxygen atoms in total. The van der Waals surface area contributed by atoms with E-state index in [9.17, 15) is 19.3 Å². The lowest BCUT2D eigenvalue weighted by Crippen LogP contribution is -2.40. The van der Waals surface area contributed by atoms with Gasteiger partial charge in [-0.2, -0.15) is 0 Å². The molecule has 2 fully saturated rings. The van der Waals surface area contributed by atoms with Gasteiger partial charge >= 0.3 is 14.5 Å². The molecule has 0 aromatic heterocycles. The van der Waals surface area contributed by atoms with E-state index >= 15 is 0 Å². The third-order valence-electron chi connectivity index (χ3n) is 6.46. The Hall–Kier alpha value is -1.21. The molecule has 4 unspecified atom stereocenters. The van der Waals surface area contributed by atoms with E-state index in [1.807, 2.05) is 37.3 Å². The molecule has 2 aliphatic heterocycles. The lowest BCUT2D eigenvalue weighted by molar-refractivity contribution is 0.126. The molecule has 0 spiro atoms. The minimum absolute atomic E-state index is 0.0184. The van der Waals surface area contributed by atoms with Crippen LogP contribution in [-0.2, 0) is 18.2 Å². The predicted molar refractivity (Wildman–Crippen MR) is 178 cm³/mol. The van der Waals surface area contributed by atoms with E-state index in [-0.39, 0.29) is 23.9 Å². The summed E-state index contributed by atoms with van der Waals surface area (Å²) in [5.74, 6) is 0. The van der Waals surface area contributed by atoms with Crippen LogP contribution >= 0.6 is 25.8 Å². The van der Waals surface area contributed by atoms with Gasteiger partial charge in [-0.3, -0.25) is 9.13 Å². The smallest absolute Gasteiger partial charge is 0.363 e. The van der Waals surface area contributed by atoms with Gasteiger partial charge in [0, 0.05) is 62.1 Å². The number of aliphatic hydroxyl groups is 4. The molecule has 0 saturated carbocycles. The van der Waals surface area contributed by atoms with Crippen LogP contribution in [0.4, 0.5) is 0 Å². The monoisotopic (exact) mass is 724 g/mol. The summed E-state index contributed by atoms with van der Waals surface area (Å²) in [7, 11) is -4.87. The zero-order valence-electron chi connectivity index (χ0n) is 40.7. The highest BCUT2D eigenvalue weighted by atomic mass is 35.7. The fraction of sp³-hybridized carbons (Fsp3) is 0.600. The fourth-order valence-corrected chi connectivity index (χ4v) is 8.76. The van der Waals surface area contributed by atoms with Crippen LogP contribution in [-0.4, -0.2) is 113 Å². The molecule has 2 aromatic rings. The molecule has 4 atom stereocenters. The van der Waals surface area contributed by atoms with Gasteiger partial charge in [0.05, 0.1) is 50.4 Å². The molecule has 2 aliphatic rings. The molecular formula is C30H51ClN4O8P2. The Bertz CT molecular complexity index is 1760. The summed E-state index contributed by atoms with van der Waals surface area (Å²) in [6, 6.07) is 17.7. The van der Waals surface area contributed by atoms with Gasteiger partial charge in [0.2, 0.25) is 0 Å². The second kappa shape index (κ2) is 21.6. The minimum Gasteiger partial charge on any atom is -0.395 e. The van der Waals surface area contributed by atoms with Crippen LogP contribution < -0.4 is 5.32 Å². The van der Waals surface area contributed by atoms with Crippen molar-refractivity contribution in [2.45, 2.75) is 38.8 Å². The predicted octanol–water partition coefficient (Wildman–Crippen LogP) is 4.24. The quantitative estimate of drug-likeness (QED) is 0.188. The SMILES string of the molecule is CC(c1ccccc1)N1CCCOP1(=O)Cl.[3H]C([3H])(O)C([3H])([3H])N(C([3H])([3H])C([3H])([3H])O)P1(=O)OCCCN1C(C)c1ccccc1.[3H]C([3H])(O)C([3H])([3H])NC([3H])([3H])C([3H])([3H])O. The summed E-state index contributed by atoms with van der Waals surface area (Å²) in [4.78, 5) is 0. The Balaban J connectivity index is 0.000000348. The molecular weight excluding hydrogens is 642 g/mol. The molecule has 0 radical (unpaired) electrons. The van der Waals surface area contributed by atoms with Gasteiger partial charge in [0.25, 0.3) is 0 Å². The maximum Gasteiger partial charge on any atom is 0.363 e.